The minimum absolute atomic E-state index is 0.968. The molecule has 0 aliphatic heterocycles. The van der Waals surface area contributed by atoms with Crippen molar-refractivity contribution < 1.29 is 0 Å². The van der Waals surface area contributed by atoms with Gasteiger partial charge in [0.05, 0.1) is 5.69 Å². The molecule has 0 saturated heterocycles. The van der Waals surface area contributed by atoms with Crippen LogP contribution in [0.15, 0.2) is 34.8 Å². The van der Waals surface area contributed by atoms with Gasteiger partial charge in [0.15, 0.2) is 4.80 Å². The Hall–Kier alpha value is -1.35. The fraction of sp³-hybridized carbons (Fsp3) is 0.357. The van der Waals surface area contributed by atoms with Crippen LogP contribution in [0.3, 0.4) is 0 Å². The summed E-state index contributed by atoms with van der Waals surface area (Å²) in [6, 6.07) is 6.40. The molecular formula is C14H18N2S. The zero-order valence-corrected chi connectivity index (χ0v) is 11.4. The maximum atomic E-state index is 4.82. The van der Waals surface area contributed by atoms with Gasteiger partial charge in [0.25, 0.3) is 0 Å². The van der Waals surface area contributed by atoms with Crippen LogP contribution in [-0.2, 0) is 13.0 Å². The van der Waals surface area contributed by atoms with E-state index in [2.05, 4.69) is 55.1 Å². The standard InChI is InChI=1S/C14H18N2S/c1-4-12-8-6-7-11(3)13(12)15-14-16(5-2)9-10-17-14/h6-10H,4-5H2,1-3H3. The minimum atomic E-state index is 0.968. The summed E-state index contributed by atoms with van der Waals surface area (Å²) in [4.78, 5) is 5.90. The zero-order chi connectivity index (χ0) is 12.3. The summed E-state index contributed by atoms with van der Waals surface area (Å²) in [5, 5.41) is 2.09. The van der Waals surface area contributed by atoms with E-state index in [1.54, 1.807) is 11.3 Å². The highest BCUT2D eigenvalue weighted by Crippen LogP contribution is 2.23. The molecule has 3 heteroatoms. The van der Waals surface area contributed by atoms with Gasteiger partial charge in [-0.25, -0.2) is 4.99 Å². The molecule has 2 rings (SSSR count). The predicted molar refractivity (Wildman–Crippen MR) is 73.8 cm³/mol. The Morgan fingerprint density at radius 1 is 1.29 bits per heavy atom. The van der Waals surface area contributed by atoms with Gasteiger partial charge in [0.1, 0.15) is 0 Å². The fourth-order valence-electron chi connectivity index (χ4n) is 1.89. The van der Waals surface area contributed by atoms with E-state index in [-0.39, 0.29) is 0 Å². The van der Waals surface area contributed by atoms with Gasteiger partial charge < -0.3 is 4.57 Å². The number of nitrogens with zero attached hydrogens (tertiary/aromatic N) is 2. The number of thiazole rings is 1. The van der Waals surface area contributed by atoms with Crippen LogP contribution in [0.1, 0.15) is 25.0 Å². The van der Waals surface area contributed by atoms with Crippen molar-refractivity contribution in [2.75, 3.05) is 0 Å². The molecule has 0 aliphatic carbocycles. The van der Waals surface area contributed by atoms with Gasteiger partial charge in [0, 0.05) is 18.1 Å². The summed E-state index contributed by atoms with van der Waals surface area (Å²) >= 11 is 1.69. The molecule has 1 aromatic carbocycles. The summed E-state index contributed by atoms with van der Waals surface area (Å²) in [7, 11) is 0. The Labute approximate surface area is 106 Å². The second-order valence-corrected chi connectivity index (χ2v) is 4.89. The molecule has 0 atom stereocenters. The average Bonchev–Trinajstić information content (AvgIpc) is 2.79. The predicted octanol–water partition coefficient (Wildman–Crippen LogP) is 3.67. The van der Waals surface area contributed by atoms with Gasteiger partial charge in [-0.05, 0) is 31.4 Å². The molecule has 1 heterocycles. The van der Waals surface area contributed by atoms with Crippen LogP contribution in [-0.4, -0.2) is 4.57 Å². The van der Waals surface area contributed by atoms with Crippen molar-refractivity contribution >= 4 is 17.0 Å². The van der Waals surface area contributed by atoms with Gasteiger partial charge >= 0.3 is 0 Å². The Morgan fingerprint density at radius 3 is 2.82 bits per heavy atom. The molecule has 0 aliphatic rings. The zero-order valence-electron chi connectivity index (χ0n) is 10.6. The highest BCUT2D eigenvalue weighted by atomic mass is 32.1. The van der Waals surface area contributed by atoms with Gasteiger partial charge in [-0.2, -0.15) is 0 Å². The van der Waals surface area contributed by atoms with Crippen molar-refractivity contribution in [2.24, 2.45) is 4.99 Å². The van der Waals surface area contributed by atoms with E-state index < -0.39 is 0 Å². The third-order valence-electron chi connectivity index (χ3n) is 2.91. The molecule has 0 fully saturated rings. The second kappa shape index (κ2) is 5.32. The molecule has 0 saturated carbocycles. The largest absolute Gasteiger partial charge is 0.324 e. The van der Waals surface area contributed by atoms with Gasteiger partial charge in [-0.3, -0.25) is 0 Å². The van der Waals surface area contributed by atoms with Crippen molar-refractivity contribution in [1.29, 1.82) is 0 Å². The number of rotatable bonds is 3. The highest BCUT2D eigenvalue weighted by molar-refractivity contribution is 7.07. The molecule has 0 amide bonds. The normalized spacial score (nSPS) is 12.1. The van der Waals surface area contributed by atoms with E-state index in [1.807, 2.05) is 0 Å². The monoisotopic (exact) mass is 246 g/mol. The first-order valence-electron chi connectivity index (χ1n) is 6.03. The lowest BCUT2D eigenvalue weighted by Gasteiger charge is -2.06. The van der Waals surface area contributed by atoms with Gasteiger partial charge in [0.2, 0.25) is 0 Å². The quantitative estimate of drug-likeness (QED) is 0.786. The number of aryl methyl sites for hydroxylation is 3. The lowest BCUT2D eigenvalue weighted by atomic mass is 10.1. The topological polar surface area (TPSA) is 17.3 Å². The van der Waals surface area contributed by atoms with Crippen molar-refractivity contribution in [3.05, 3.63) is 45.7 Å². The molecule has 1 aromatic heterocycles. The number of aromatic nitrogens is 1. The third kappa shape index (κ3) is 2.50. The molecule has 2 nitrogen and oxygen atoms in total. The maximum Gasteiger partial charge on any atom is 0.189 e. The minimum Gasteiger partial charge on any atom is -0.324 e. The molecule has 17 heavy (non-hydrogen) atoms. The van der Waals surface area contributed by atoms with E-state index >= 15 is 0 Å². The smallest absolute Gasteiger partial charge is 0.189 e. The van der Waals surface area contributed by atoms with E-state index in [1.165, 1.54) is 11.1 Å². The Morgan fingerprint density at radius 2 is 2.12 bits per heavy atom. The summed E-state index contributed by atoms with van der Waals surface area (Å²) < 4.78 is 2.18. The third-order valence-corrected chi connectivity index (χ3v) is 3.70. The van der Waals surface area contributed by atoms with Crippen molar-refractivity contribution in [3.63, 3.8) is 0 Å². The molecule has 0 radical (unpaired) electrons. The summed E-state index contributed by atoms with van der Waals surface area (Å²) in [6.07, 6.45) is 3.12. The number of para-hydroxylation sites is 1. The first kappa shape index (κ1) is 12.1. The SMILES string of the molecule is CCc1cccc(C)c1N=c1sccn1CC. The Kier molecular flexibility index (Phi) is 3.79. The molecule has 0 bridgehead atoms. The highest BCUT2D eigenvalue weighted by Gasteiger charge is 2.03. The van der Waals surface area contributed by atoms with Crippen LogP contribution in [0.4, 0.5) is 5.69 Å². The summed E-state index contributed by atoms with van der Waals surface area (Å²) in [6.45, 7) is 7.41. The first-order chi connectivity index (χ1) is 8.26. The van der Waals surface area contributed by atoms with Crippen LogP contribution in [0.5, 0.6) is 0 Å². The lowest BCUT2D eigenvalue weighted by Crippen LogP contribution is -2.12. The number of hydrogen-bond donors (Lipinski definition) is 0. The number of benzene rings is 1. The molecular weight excluding hydrogens is 228 g/mol. The van der Waals surface area contributed by atoms with E-state index in [0.29, 0.717) is 0 Å². The van der Waals surface area contributed by atoms with Gasteiger partial charge in [-0.15, -0.1) is 11.3 Å². The summed E-state index contributed by atoms with van der Waals surface area (Å²) in [5.41, 5.74) is 3.71. The van der Waals surface area contributed by atoms with Crippen LogP contribution < -0.4 is 4.80 Å². The summed E-state index contributed by atoms with van der Waals surface area (Å²) in [5.74, 6) is 0. The maximum absolute atomic E-state index is 4.82. The lowest BCUT2D eigenvalue weighted by molar-refractivity contribution is 0.736. The average molecular weight is 246 g/mol. The van der Waals surface area contributed by atoms with Crippen LogP contribution in [0.25, 0.3) is 0 Å². The Bertz CT molecular complexity index is 564. The molecule has 0 unspecified atom stereocenters. The van der Waals surface area contributed by atoms with Crippen molar-refractivity contribution in [3.8, 4) is 0 Å². The van der Waals surface area contributed by atoms with E-state index in [9.17, 15) is 0 Å². The van der Waals surface area contributed by atoms with E-state index in [0.717, 1.165) is 23.5 Å². The fourth-order valence-corrected chi connectivity index (χ4v) is 2.69. The molecule has 0 spiro atoms. The second-order valence-electron chi connectivity index (χ2n) is 4.02. The van der Waals surface area contributed by atoms with Crippen LogP contribution in [0, 0.1) is 6.92 Å². The van der Waals surface area contributed by atoms with E-state index in [4.69, 9.17) is 4.99 Å². The number of hydrogen-bond acceptors (Lipinski definition) is 2. The molecule has 90 valence electrons. The van der Waals surface area contributed by atoms with Crippen molar-refractivity contribution in [1.82, 2.24) is 4.57 Å². The molecule has 2 aromatic rings. The van der Waals surface area contributed by atoms with Crippen LogP contribution in [0.2, 0.25) is 0 Å². The van der Waals surface area contributed by atoms with Crippen molar-refractivity contribution in [2.45, 2.75) is 33.7 Å². The first-order valence-corrected chi connectivity index (χ1v) is 6.91. The van der Waals surface area contributed by atoms with Gasteiger partial charge in [-0.1, -0.05) is 25.1 Å². The molecule has 0 N–H and O–H groups in total. The Balaban J connectivity index is 2.59. The van der Waals surface area contributed by atoms with Crippen LogP contribution >= 0.6 is 11.3 Å².